The van der Waals surface area contributed by atoms with Gasteiger partial charge in [0.05, 0.1) is 18.1 Å². The maximum Gasteiger partial charge on any atom is 0.335 e. The number of fused-ring (bicyclic) bond motifs is 1. The van der Waals surface area contributed by atoms with E-state index >= 15 is 0 Å². The van der Waals surface area contributed by atoms with Crippen molar-refractivity contribution >= 4 is 27.9 Å². The highest BCUT2D eigenvalue weighted by Crippen LogP contribution is 2.41. The number of benzene rings is 1. The maximum absolute atomic E-state index is 11.8. The third kappa shape index (κ3) is 2.03. The van der Waals surface area contributed by atoms with Crippen LogP contribution in [0.25, 0.3) is 0 Å². The van der Waals surface area contributed by atoms with Gasteiger partial charge in [-0.2, -0.15) is 0 Å². The lowest BCUT2D eigenvalue weighted by molar-refractivity contribution is -0.151. The molecular weight excluding hydrogens is 300 g/mol. The Kier molecular flexibility index (Phi) is 3.19. The van der Waals surface area contributed by atoms with Gasteiger partial charge in [-0.25, -0.2) is 4.79 Å². The van der Waals surface area contributed by atoms with Crippen LogP contribution in [0.4, 0.5) is 0 Å². The molecule has 2 rings (SSSR count). The summed E-state index contributed by atoms with van der Waals surface area (Å²) in [6.07, 6.45) is 1.07. The fourth-order valence-corrected chi connectivity index (χ4v) is 3.08. The predicted octanol–water partition coefficient (Wildman–Crippen LogP) is 2.43. The minimum atomic E-state index is -0.967. The summed E-state index contributed by atoms with van der Waals surface area (Å²) in [5.74, 6) is -1.23. The van der Waals surface area contributed by atoms with E-state index in [0.717, 1.165) is 15.6 Å². The Bertz CT molecular complexity index is 538. The number of methoxy groups -OCH3 is 1. The van der Waals surface area contributed by atoms with Crippen LogP contribution in [-0.4, -0.2) is 24.2 Å². The van der Waals surface area contributed by atoms with Crippen LogP contribution in [0.15, 0.2) is 16.6 Å². The summed E-state index contributed by atoms with van der Waals surface area (Å²) in [6, 6.07) is 3.21. The van der Waals surface area contributed by atoms with Crippen LogP contribution in [0.1, 0.15) is 28.4 Å². The van der Waals surface area contributed by atoms with Crippen LogP contribution in [0.2, 0.25) is 0 Å². The van der Waals surface area contributed by atoms with E-state index in [0.29, 0.717) is 12.8 Å². The van der Waals surface area contributed by atoms with Crippen molar-refractivity contribution in [3.8, 4) is 0 Å². The summed E-state index contributed by atoms with van der Waals surface area (Å²) in [5.41, 5.74) is 1.52. The Labute approximate surface area is 113 Å². The van der Waals surface area contributed by atoms with E-state index < -0.39 is 11.4 Å². The molecule has 18 heavy (non-hydrogen) atoms. The molecule has 0 aliphatic heterocycles. The van der Waals surface area contributed by atoms with Crippen LogP contribution in [0.3, 0.4) is 0 Å². The maximum atomic E-state index is 11.8. The summed E-state index contributed by atoms with van der Waals surface area (Å²) in [7, 11) is 1.37. The van der Waals surface area contributed by atoms with Crippen molar-refractivity contribution in [2.75, 3.05) is 7.11 Å². The average Bonchev–Trinajstić information content (AvgIpc) is 2.66. The second kappa shape index (κ2) is 4.39. The fraction of sp³-hybridized carbons (Fsp3) is 0.385. The number of carbonyl (C=O) groups excluding carboxylic acids is 1. The zero-order valence-corrected chi connectivity index (χ0v) is 11.7. The molecule has 4 nitrogen and oxygen atoms in total. The number of hydrogen-bond donors (Lipinski definition) is 1. The van der Waals surface area contributed by atoms with E-state index in [1.54, 1.807) is 12.1 Å². The van der Waals surface area contributed by atoms with Crippen molar-refractivity contribution in [2.45, 2.75) is 19.8 Å². The molecular formula is C13H13BrO4. The average molecular weight is 313 g/mol. The normalized spacial score (nSPS) is 21.5. The van der Waals surface area contributed by atoms with Gasteiger partial charge in [0, 0.05) is 4.47 Å². The number of ether oxygens (including phenoxy) is 1. The molecule has 0 radical (unpaired) electrons. The largest absolute Gasteiger partial charge is 0.478 e. The number of esters is 1. The van der Waals surface area contributed by atoms with Gasteiger partial charge in [0.25, 0.3) is 0 Å². The first-order valence-corrected chi connectivity index (χ1v) is 6.30. The molecule has 1 N–H and O–H groups in total. The fourth-order valence-electron chi connectivity index (χ4n) is 2.44. The summed E-state index contributed by atoms with van der Waals surface area (Å²) >= 11 is 3.37. The monoisotopic (exact) mass is 312 g/mol. The Balaban J connectivity index is 2.44. The zero-order chi connectivity index (χ0) is 13.5. The van der Waals surface area contributed by atoms with Gasteiger partial charge >= 0.3 is 11.9 Å². The number of carboxylic acid groups (broad SMARTS) is 1. The highest BCUT2D eigenvalue weighted by molar-refractivity contribution is 9.10. The molecule has 0 heterocycles. The van der Waals surface area contributed by atoms with Crippen LogP contribution in [0.5, 0.6) is 0 Å². The van der Waals surface area contributed by atoms with Gasteiger partial charge in [-0.15, -0.1) is 0 Å². The lowest BCUT2D eigenvalue weighted by Crippen LogP contribution is -2.29. The van der Waals surface area contributed by atoms with Gasteiger partial charge < -0.3 is 9.84 Å². The third-order valence-corrected chi connectivity index (χ3v) is 4.07. The van der Waals surface area contributed by atoms with E-state index in [1.807, 2.05) is 6.92 Å². The standard InChI is InChI=1S/C13H13BrO4/c1-13(12(17)18-2)5-8-3-7(11(15)16)4-10(14)9(8)6-13/h3-4H,5-6H2,1-2H3,(H,15,16). The quantitative estimate of drug-likeness (QED) is 0.852. The number of carbonyl (C=O) groups is 2. The SMILES string of the molecule is COC(=O)C1(C)Cc2cc(C(=O)O)cc(Br)c2C1. The van der Waals surface area contributed by atoms with Crippen molar-refractivity contribution < 1.29 is 19.4 Å². The number of rotatable bonds is 2. The molecule has 1 unspecified atom stereocenters. The molecule has 0 spiro atoms. The highest BCUT2D eigenvalue weighted by Gasteiger charge is 2.41. The number of halogens is 1. The Morgan fingerprint density at radius 3 is 2.61 bits per heavy atom. The van der Waals surface area contributed by atoms with E-state index in [2.05, 4.69) is 15.9 Å². The highest BCUT2D eigenvalue weighted by atomic mass is 79.9. The van der Waals surface area contributed by atoms with Crippen LogP contribution in [0, 0.1) is 5.41 Å². The van der Waals surface area contributed by atoms with Gasteiger partial charge in [-0.05, 0) is 43.0 Å². The molecule has 0 bridgehead atoms. The van der Waals surface area contributed by atoms with Gasteiger partial charge in [-0.1, -0.05) is 15.9 Å². The molecule has 1 aliphatic rings. The number of aromatic carboxylic acids is 1. The molecule has 0 saturated heterocycles. The van der Waals surface area contributed by atoms with Crippen molar-refractivity contribution in [2.24, 2.45) is 5.41 Å². The van der Waals surface area contributed by atoms with E-state index in [4.69, 9.17) is 9.84 Å². The van der Waals surface area contributed by atoms with Gasteiger partial charge in [0.1, 0.15) is 0 Å². The predicted molar refractivity (Wildman–Crippen MR) is 68.6 cm³/mol. The second-order valence-electron chi connectivity index (χ2n) is 4.81. The minimum absolute atomic E-state index is 0.231. The summed E-state index contributed by atoms with van der Waals surface area (Å²) in [4.78, 5) is 22.8. The molecule has 0 aromatic heterocycles. The molecule has 1 aromatic rings. The lowest BCUT2D eigenvalue weighted by Gasteiger charge is -2.19. The first kappa shape index (κ1) is 13.1. The van der Waals surface area contributed by atoms with E-state index in [9.17, 15) is 9.59 Å². The van der Waals surface area contributed by atoms with Crippen molar-refractivity contribution in [1.29, 1.82) is 0 Å². The smallest absolute Gasteiger partial charge is 0.335 e. The van der Waals surface area contributed by atoms with E-state index in [1.165, 1.54) is 7.11 Å². The van der Waals surface area contributed by atoms with Crippen LogP contribution in [-0.2, 0) is 22.4 Å². The summed E-state index contributed by atoms with van der Waals surface area (Å²) in [6.45, 7) is 1.84. The molecule has 0 amide bonds. The molecule has 1 aliphatic carbocycles. The van der Waals surface area contributed by atoms with Gasteiger partial charge in [0.2, 0.25) is 0 Å². The first-order valence-electron chi connectivity index (χ1n) is 5.50. The minimum Gasteiger partial charge on any atom is -0.478 e. The Morgan fingerprint density at radius 2 is 2.06 bits per heavy atom. The van der Waals surface area contributed by atoms with Crippen LogP contribution < -0.4 is 0 Å². The topological polar surface area (TPSA) is 63.6 Å². The molecule has 1 aromatic carbocycles. The second-order valence-corrected chi connectivity index (χ2v) is 5.66. The zero-order valence-electron chi connectivity index (χ0n) is 10.1. The number of hydrogen-bond acceptors (Lipinski definition) is 3. The summed E-state index contributed by atoms with van der Waals surface area (Å²) in [5, 5.41) is 9.01. The first-order chi connectivity index (χ1) is 8.37. The third-order valence-electron chi connectivity index (χ3n) is 3.36. The number of carboxylic acids is 1. The molecule has 0 saturated carbocycles. The lowest BCUT2D eigenvalue weighted by atomic mass is 9.87. The van der Waals surface area contributed by atoms with Crippen molar-refractivity contribution in [3.63, 3.8) is 0 Å². The molecule has 5 heteroatoms. The van der Waals surface area contributed by atoms with Crippen LogP contribution >= 0.6 is 15.9 Å². The summed E-state index contributed by atoms with van der Waals surface area (Å²) < 4.78 is 5.56. The van der Waals surface area contributed by atoms with Crippen molar-refractivity contribution in [3.05, 3.63) is 33.3 Å². The van der Waals surface area contributed by atoms with Gasteiger partial charge in [-0.3, -0.25) is 4.79 Å². The Hall–Kier alpha value is -1.36. The van der Waals surface area contributed by atoms with Crippen molar-refractivity contribution in [1.82, 2.24) is 0 Å². The molecule has 1 atom stereocenters. The van der Waals surface area contributed by atoms with E-state index in [-0.39, 0.29) is 11.5 Å². The van der Waals surface area contributed by atoms with Gasteiger partial charge in [0.15, 0.2) is 0 Å². The molecule has 96 valence electrons. The Morgan fingerprint density at radius 1 is 1.39 bits per heavy atom. The molecule has 0 fully saturated rings.